The lowest BCUT2D eigenvalue weighted by molar-refractivity contribution is 0.191. The number of aliphatic hydroxyl groups excluding tert-OH is 1. The molecular formula is C15H15FO3S2. The first-order chi connectivity index (χ1) is 9.79. The van der Waals surface area contributed by atoms with E-state index in [1.807, 2.05) is 0 Å². The van der Waals surface area contributed by atoms with Crippen LogP contribution in [0, 0.1) is 5.82 Å². The highest BCUT2D eigenvalue weighted by Gasteiger charge is 2.14. The summed E-state index contributed by atoms with van der Waals surface area (Å²) in [6, 6.07) is 11.0. The number of halogens is 1. The van der Waals surface area contributed by atoms with Gasteiger partial charge < -0.3 is 5.11 Å². The number of rotatable bonds is 4. The van der Waals surface area contributed by atoms with Gasteiger partial charge in [-0.2, -0.15) is 0 Å². The van der Waals surface area contributed by atoms with Crippen LogP contribution in [0.4, 0.5) is 4.39 Å². The van der Waals surface area contributed by atoms with Gasteiger partial charge in [-0.3, -0.25) is 0 Å². The largest absolute Gasteiger partial charge is 0.389 e. The predicted octanol–water partition coefficient (Wildman–Crippen LogP) is 3.43. The molecule has 1 atom stereocenters. The zero-order valence-electron chi connectivity index (χ0n) is 11.6. The van der Waals surface area contributed by atoms with Crippen molar-refractivity contribution in [3.63, 3.8) is 0 Å². The minimum absolute atomic E-state index is 0.238. The molecule has 2 aromatic rings. The number of aliphatic hydroxyl groups is 1. The van der Waals surface area contributed by atoms with Crippen LogP contribution in [0.25, 0.3) is 0 Å². The van der Waals surface area contributed by atoms with Crippen molar-refractivity contribution in [2.24, 2.45) is 0 Å². The second-order valence-corrected chi connectivity index (χ2v) is 7.80. The molecular weight excluding hydrogens is 311 g/mol. The Hall–Kier alpha value is -1.37. The van der Waals surface area contributed by atoms with Crippen LogP contribution < -0.4 is 0 Å². The summed E-state index contributed by atoms with van der Waals surface area (Å²) in [5, 5.41) is 9.68. The van der Waals surface area contributed by atoms with E-state index in [0.29, 0.717) is 4.90 Å². The Bertz CT molecular complexity index is 738. The average molecular weight is 326 g/mol. The van der Waals surface area contributed by atoms with Gasteiger partial charge in [-0.15, -0.1) is 0 Å². The van der Waals surface area contributed by atoms with Gasteiger partial charge in [-0.1, -0.05) is 17.8 Å². The minimum Gasteiger partial charge on any atom is -0.389 e. The topological polar surface area (TPSA) is 54.4 Å². The van der Waals surface area contributed by atoms with Crippen LogP contribution in [0.1, 0.15) is 18.6 Å². The quantitative estimate of drug-likeness (QED) is 0.935. The summed E-state index contributed by atoms with van der Waals surface area (Å²) in [7, 11) is -3.23. The molecule has 0 aliphatic rings. The molecule has 0 fully saturated rings. The van der Waals surface area contributed by atoms with E-state index >= 15 is 0 Å². The molecule has 0 heterocycles. The fourth-order valence-corrected chi connectivity index (χ4v) is 3.57. The molecule has 0 aliphatic carbocycles. The second kappa shape index (κ2) is 6.17. The number of benzene rings is 2. The third kappa shape index (κ3) is 3.84. The van der Waals surface area contributed by atoms with E-state index in [2.05, 4.69) is 0 Å². The van der Waals surface area contributed by atoms with Crippen molar-refractivity contribution < 1.29 is 17.9 Å². The van der Waals surface area contributed by atoms with Crippen LogP contribution in [-0.2, 0) is 9.84 Å². The summed E-state index contributed by atoms with van der Waals surface area (Å²) in [5.74, 6) is -0.456. The average Bonchev–Trinajstić information content (AvgIpc) is 2.38. The van der Waals surface area contributed by atoms with E-state index in [-0.39, 0.29) is 10.5 Å². The van der Waals surface area contributed by atoms with Crippen molar-refractivity contribution in [1.29, 1.82) is 0 Å². The molecule has 3 nitrogen and oxygen atoms in total. The van der Waals surface area contributed by atoms with Crippen LogP contribution in [0.2, 0.25) is 0 Å². The molecule has 2 aromatic carbocycles. The first-order valence-electron chi connectivity index (χ1n) is 6.23. The zero-order chi connectivity index (χ0) is 15.6. The van der Waals surface area contributed by atoms with E-state index in [9.17, 15) is 17.9 Å². The van der Waals surface area contributed by atoms with Crippen LogP contribution in [0.5, 0.6) is 0 Å². The smallest absolute Gasteiger partial charge is 0.175 e. The molecule has 0 aromatic heterocycles. The molecule has 0 saturated carbocycles. The normalized spacial score (nSPS) is 13.1. The van der Waals surface area contributed by atoms with E-state index in [1.54, 1.807) is 24.3 Å². The van der Waals surface area contributed by atoms with Gasteiger partial charge in [-0.25, -0.2) is 12.8 Å². The van der Waals surface area contributed by atoms with Gasteiger partial charge in [0.25, 0.3) is 0 Å². The van der Waals surface area contributed by atoms with Crippen molar-refractivity contribution in [1.82, 2.24) is 0 Å². The first-order valence-corrected chi connectivity index (χ1v) is 8.94. The van der Waals surface area contributed by atoms with Gasteiger partial charge in [0.15, 0.2) is 9.84 Å². The van der Waals surface area contributed by atoms with Gasteiger partial charge in [0.05, 0.1) is 11.0 Å². The maximum absolute atomic E-state index is 13.8. The molecule has 0 saturated heterocycles. The maximum Gasteiger partial charge on any atom is 0.175 e. The molecule has 2 rings (SSSR count). The van der Waals surface area contributed by atoms with Gasteiger partial charge in [-0.05, 0) is 43.3 Å². The Kier molecular flexibility index (Phi) is 4.70. The minimum atomic E-state index is -3.23. The lowest BCUT2D eigenvalue weighted by Gasteiger charge is -2.12. The highest BCUT2D eigenvalue weighted by atomic mass is 32.2. The molecule has 0 unspecified atom stereocenters. The van der Waals surface area contributed by atoms with Crippen molar-refractivity contribution in [3.8, 4) is 0 Å². The highest BCUT2D eigenvalue weighted by molar-refractivity contribution is 7.99. The summed E-state index contributed by atoms with van der Waals surface area (Å²) in [6.45, 7) is 1.51. The first kappa shape index (κ1) is 16.0. The zero-order valence-corrected chi connectivity index (χ0v) is 13.2. The predicted molar refractivity (Wildman–Crippen MR) is 80.7 cm³/mol. The molecule has 6 heteroatoms. The maximum atomic E-state index is 13.8. The summed E-state index contributed by atoms with van der Waals surface area (Å²) >= 11 is 1.28. The highest BCUT2D eigenvalue weighted by Crippen LogP contribution is 2.35. The van der Waals surface area contributed by atoms with E-state index in [1.165, 1.54) is 36.9 Å². The van der Waals surface area contributed by atoms with Crippen molar-refractivity contribution in [3.05, 3.63) is 53.8 Å². The molecule has 21 heavy (non-hydrogen) atoms. The Morgan fingerprint density at radius 3 is 2.29 bits per heavy atom. The monoisotopic (exact) mass is 326 g/mol. The van der Waals surface area contributed by atoms with Crippen LogP contribution in [0.15, 0.2) is 57.2 Å². The lowest BCUT2D eigenvalue weighted by Crippen LogP contribution is -1.98. The Balaban J connectivity index is 2.33. The molecule has 0 spiro atoms. The number of sulfone groups is 1. The molecule has 0 bridgehead atoms. The van der Waals surface area contributed by atoms with Gasteiger partial charge in [0.1, 0.15) is 5.82 Å². The summed E-state index contributed by atoms with van der Waals surface area (Å²) < 4.78 is 36.6. The van der Waals surface area contributed by atoms with Gasteiger partial charge in [0.2, 0.25) is 0 Å². The fourth-order valence-electron chi connectivity index (χ4n) is 1.89. The Labute approximate surface area is 127 Å². The number of hydrogen-bond donors (Lipinski definition) is 1. The van der Waals surface area contributed by atoms with Crippen LogP contribution in [0.3, 0.4) is 0 Å². The van der Waals surface area contributed by atoms with Crippen molar-refractivity contribution in [2.45, 2.75) is 27.7 Å². The Morgan fingerprint density at radius 2 is 1.76 bits per heavy atom. The summed E-state index contributed by atoms with van der Waals surface area (Å²) in [4.78, 5) is 1.62. The number of hydrogen-bond acceptors (Lipinski definition) is 4. The van der Waals surface area contributed by atoms with Crippen LogP contribution in [-0.4, -0.2) is 19.8 Å². The SMILES string of the molecule is C[C@@H](O)c1c(F)cccc1Sc1ccc(S(C)(=O)=O)cc1. The van der Waals surface area contributed by atoms with Gasteiger partial charge in [0, 0.05) is 21.6 Å². The third-order valence-electron chi connectivity index (χ3n) is 2.91. The molecule has 112 valence electrons. The summed E-state index contributed by atoms with van der Waals surface area (Å²) in [6.07, 6.45) is 0.233. The molecule has 0 radical (unpaired) electrons. The van der Waals surface area contributed by atoms with E-state index < -0.39 is 21.8 Å². The molecule has 0 aliphatic heterocycles. The fraction of sp³-hybridized carbons (Fsp3) is 0.200. The van der Waals surface area contributed by atoms with Crippen LogP contribution >= 0.6 is 11.8 Å². The van der Waals surface area contributed by atoms with Gasteiger partial charge >= 0.3 is 0 Å². The standard InChI is InChI=1S/C15H15FO3S2/c1-10(17)15-13(16)4-3-5-14(15)20-11-6-8-12(9-7-11)21(2,18)19/h3-10,17H,1-2H3/t10-/m1/s1. The Morgan fingerprint density at radius 1 is 1.14 bits per heavy atom. The van der Waals surface area contributed by atoms with E-state index in [0.717, 1.165) is 11.2 Å². The molecule has 0 amide bonds. The van der Waals surface area contributed by atoms with Crippen molar-refractivity contribution >= 4 is 21.6 Å². The summed E-state index contributed by atoms with van der Waals surface area (Å²) in [5.41, 5.74) is 0.245. The second-order valence-electron chi connectivity index (χ2n) is 4.67. The molecule has 1 N–H and O–H groups in total. The van der Waals surface area contributed by atoms with Crippen molar-refractivity contribution in [2.75, 3.05) is 6.26 Å². The third-order valence-corrected chi connectivity index (χ3v) is 5.12. The lowest BCUT2D eigenvalue weighted by atomic mass is 10.1. The van der Waals surface area contributed by atoms with E-state index in [4.69, 9.17) is 0 Å².